The van der Waals surface area contributed by atoms with Gasteiger partial charge in [0.2, 0.25) is 6.79 Å². The summed E-state index contributed by atoms with van der Waals surface area (Å²) in [6, 6.07) is 9.22. The Balaban J connectivity index is 1.40. The van der Waals surface area contributed by atoms with Crippen LogP contribution < -0.4 is 20.1 Å². The Morgan fingerprint density at radius 2 is 1.80 bits per heavy atom. The van der Waals surface area contributed by atoms with Gasteiger partial charge < -0.3 is 29.4 Å². The lowest BCUT2D eigenvalue weighted by Crippen LogP contribution is -2.49. The molecule has 30 heavy (non-hydrogen) atoms. The van der Waals surface area contributed by atoms with Crippen LogP contribution in [0.1, 0.15) is 17.4 Å². The minimum absolute atomic E-state index is 0.0741. The summed E-state index contributed by atoms with van der Waals surface area (Å²) in [7, 11) is 2.10. The molecule has 2 aliphatic rings. The van der Waals surface area contributed by atoms with Crippen LogP contribution in [0.4, 0.5) is 0 Å². The zero-order chi connectivity index (χ0) is 20.9. The summed E-state index contributed by atoms with van der Waals surface area (Å²) in [6.07, 6.45) is 1.52. The first kappa shape index (κ1) is 20.2. The number of likely N-dealkylation sites (N-methyl/N-ethyl adjacent to an activating group) is 1. The first-order valence-corrected chi connectivity index (χ1v) is 10.0. The lowest BCUT2D eigenvalue weighted by molar-refractivity contribution is -0.139. The number of ether oxygens (including phenoxy) is 2. The molecule has 4 rings (SSSR count). The van der Waals surface area contributed by atoms with Crippen molar-refractivity contribution in [1.82, 2.24) is 20.4 Å². The molecule has 1 unspecified atom stereocenters. The van der Waals surface area contributed by atoms with Gasteiger partial charge in [-0.2, -0.15) is 0 Å². The Morgan fingerprint density at radius 1 is 1.03 bits per heavy atom. The number of fused-ring (bicyclic) bond motifs is 1. The van der Waals surface area contributed by atoms with Gasteiger partial charge in [-0.25, -0.2) is 0 Å². The van der Waals surface area contributed by atoms with Crippen LogP contribution in [-0.4, -0.2) is 68.2 Å². The monoisotopic (exact) mass is 414 g/mol. The maximum absolute atomic E-state index is 12.3. The molecule has 2 aliphatic heterocycles. The zero-order valence-corrected chi connectivity index (χ0v) is 16.9. The average molecular weight is 414 g/mol. The summed E-state index contributed by atoms with van der Waals surface area (Å²) in [4.78, 5) is 29.1. The fraction of sp³-hybridized carbons (Fsp3) is 0.429. The number of nitrogens with one attached hydrogen (secondary N) is 2. The number of nitrogens with zero attached hydrogens (tertiary/aromatic N) is 2. The van der Waals surface area contributed by atoms with Crippen molar-refractivity contribution in [1.29, 1.82) is 0 Å². The molecule has 0 radical (unpaired) electrons. The maximum atomic E-state index is 12.3. The highest BCUT2D eigenvalue weighted by Crippen LogP contribution is 2.35. The number of furan rings is 1. The number of hydrogen-bond donors (Lipinski definition) is 2. The van der Waals surface area contributed by atoms with E-state index < -0.39 is 11.8 Å². The van der Waals surface area contributed by atoms with Crippen molar-refractivity contribution < 1.29 is 23.5 Å². The van der Waals surface area contributed by atoms with E-state index in [0.717, 1.165) is 37.5 Å². The Kier molecular flexibility index (Phi) is 6.20. The predicted octanol–water partition coefficient (Wildman–Crippen LogP) is 0.729. The Labute approximate surface area is 174 Å². The normalized spacial score (nSPS) is 17.5. The minimum Gasteiger partial charge on any atom is -0.467 e. The third-order valence-corrected chi connectivity index (χ3v) is 5.43. The molecule has 2 N–H and O–H groups in total. The van der Waals surface area contributed by atoms with Crippen molar-refractivity contribution in [2.24, 2.45) is 0 Å². The van der Waals surface area contributed by atoms with Gasteiger partial charge >= 0.3 is 11.8 Å². The van der Waals surface area contributed by atoms with Crippen LogP contribution in [0.15, 0.2) is 41.0 Å². The molecule has 1 aromatic carbocycles. The topological polar surface area (TPSA) is 96.3 Å². The molecule has 160 valence electrons. The molecule has 9 heteroatoms. The molecule has 2 amide bonds. The first-order chi connectivity index (χ1) is 14.6. The van der Waals surface area contributed by atoms with Crippen LogP contribution in [0.25, 0.3) is 0 Å². The highest BCUT2D eigenvalue weighted by molar-refractivity contribution is 6.35. The maximum Gasteiger partial charge on any atom is 0.309 e. The summed E-state index contributed by atoms with van der Waals surface area (Å²) < 4.78 is 16.1. The zero-order valence-electron chi connectivity index (χ0n) is 16.9. The largest absolute Gasteiger partial charge is 0.467 e. The van der Waals surface area contributed by atoms with Gasteiger partial charge in [-0.15, -0.1) is 0 Å². The van der Waals surface area contributed by atoms with Crippen LogP contribution in [0.3, 0.4) is 0 Å². The number of hydrogen-bond acceptors (Lipinski definition) is 7. The summed E-state index contributed by atoms with van der Waals surface area (Å²) in [5.74, 6) is 0.661. The number of rotatable bonds is 6. The third kappa shape index (κ3) is 4.74. The lowest BCUT2D eigenvalue weighted by atomic mass is 10.0. The van der Waals surface area contributed by atoms with Gasteiger partial charge in [0.25, 0.3) is 0 Å². The Bertz CT molecular complexity index is 878. The molecular weight excluding hydrogens is 388 g/mol. The fourth-order valence-corrected chi connectivity index (χ4v) is 3.64. The average Bonchev–Trinajstić information content (AvgIpc) is 3.44. The second kappa shape index (κ2) is 9.19. The van der Waals surface area contributed by atoms with Crippen molar-refractivity contribution in [3.8, 4) is 11.5 Å². The van der Waals surface area contributed by atoms with E-state index in [4.69, 9.17) is 13.9 Å². The number of amides is 2. The molecule has 1 atom stereocenters. The van der Waals surface area contributed by atoms with E-state index in [1.807, 2.05) is 18.2 Å². The molecule has 1 saturated heterocycles. The standard InChI is InChI=1S/C21H26N4O5/c1-24-6-8-25(9-7-24)17(15-4-5-18-19(11-15)30-14-29-18)13-23-21(27)20(26)22-12-16-3-2-10-28-16/h2-5,10-11,17H,6-9,12-14H2,1H3,(H,22,26)(H,23,27). The van der Waals surface area contributed by atoms with Crippen LogP contribution in [0.5, 0.6) is 11.5 Å². The molecule has 0 aliphatic carbocycles. The van der Waals surface area contributed by atoms with Crippen molar-refractivity contribution in [2.45, 2.75) is 12.6 Å². The summed E-state index contributed by atoms with van der Waals surface area (Å²) in [6.45, 7) is 4.33. The molecule has 2 aromatic rings. The van der Waals surface area contributed by atoms with Gasteiger partial charge in [0.1, 0.15) is 5.76 Å². The molecule has 0 saturated carbocycles. The number of carbonyl (C=O) groups is 2. The fourth-order valence-electron chi connectivity index (χ4n) is 3.64. The van der Waals surface area contributed by atoms with Gasteiger partial charge in [-0.1, -0.05) is 6.07 Å². The Morgan fingerprint density at radius 3 is 2.57 bits per heavy atom. The van der Waals surface area contributed by atoms with E-state index >= 15 is 0 Å². The number of benzene rings is 1. The molecule has 0 bridgehead atoms. The summed E-state index contributed by atoms with van der Waals surface area (Å²) >= 11 is 0. The SMILES string of the molecule is CN1CCN(C(CNC(=O)C(=O)NCc2ccco2)c2ccc3c(c2)OCO3)CC1. The number of piperazine rings is 1. The Hall–Kier alpha value is -3.04. The summed E-state index contributed by atoms with van der Waals surface area (Å²) in [5.41, 5.74) is 1.01. The molecule has 9 nitrogen and oxygen atoms in total. The second-order valence-corrected chi connectivity index (χ2v) is 7.44. The van der Waals surface area contributed by atoms with Gasteiger partial charge in [-0.3, -0.25) is 14.5 Å². The molecule has 0 spiro atoms. The smallest absolute Gasteiger partial charge is 0.309 e. The van der Waals surface area contributed by atoms with Crippen LogP contribution in [0.2, 0.25) is 0 Å². The highest BCUT2D eigenvalue weighted by atomic mass is 16.7. The lowest BCUT2D eigenvalue weighted by Gasteiger charge is -2.38. The van der Waals surface area contributed by atoms with E-state index in [1.54, 1.807) is 12.1 Å². The van der Waals surface area contributed by atoms with E-state index in [1.165, 1.54) is 6.26 Å². The van der Waals surface area contributed by atoms with Gasteiger partial charge in [0, 0.05) is 32.7 Å². The van der Waals surface area contributed by atoms with Crippen molar-refractivity contribution >= 4 is 11.8 Å². The van der Waals surface area contributed by atoms with E-state index in [2.05, 4.69) is 27.5 Å². The van der Waals surface area contributed by atoms with Gasteiger partial charge in [-0.05, 0) is 36.9 Å². The second-order valence-electron chi connectivity index (χ2n) is 7.44. The first-order valence-electron chi connectivity index (χ1n) is 10.0. The quantitative estimate of drug-likeness (QED) is 0.673. The van der Waals surface area contributed by atoms with Crippen molar-refractivity contribution in [3.63, 3.8) is 0 Å². The molecular formula is C21H26N4O5. The molecule has 1 fully saturated rings. The predicted molar refractivity (Wildman–Crippen MR) is 108 cm³/mol. The van der Waals surface area contributed by atoms with Crippen LogP contribution >= 0.6 is 0 Å². The highest BCUT2D eigenvalue weighted by Gasteiger charge is 2.27. The van der Waals surface area contributed by atoms with Gasteiger partial charge in [0.15, 0.2) is 11.5 Å². The van der Waals surface area contributed by atoms with E-state index in [-0.39, 0.29) is 19.4 Å². The third-order valence-electron chi connectivity index (χ3n) is 5.43. The molecule has 3 heterocycles. The van der Waals surface area contributed by atoms with Crippen LogP contribution in [-0.2, 0) is 16.1 Å². The summed E-state index contributed by atoms with van der Waals surface area (Å²) in [5, 5.41) is 5.34. The number of carbonyl (C=O) groups excluding carboxylic acids is 2. The van der Waals surface area contributed by atoms with Crippen LogP contribution in [0, 0.1) is 0 Å². The minimum atomic E-state index is -0.686. The van der Waals surface area contributed by atoms with Gasteiger partial charge in [0.05, 0.1) is 18.8 Å². The molecule has 1 aromatic heterocycles. The van der Waals surface area contributed by atoms with Crippen molar-refractivity contribution in [2.75, 3.05) is 46.6 Å². The van der Waals surface area contributed by atoms with E-state index in [0.29, 0.717) is 18.1 Å². The van der Waals surface area contributed by atoms with E-state index in [9.17, 15) is 9.59 Å². The van der Waals surface area contributed by atoms with Crippen molar-refractivity contribution in [3.05, 3.63) is 47.9 Å².